The van der Waals surface area contributed by atoms with Crippen molar-refractivity contribution < 1.29 is 9.53 Å². The van der Waals surface area contributed by atoms with Gasteiger partial charge >= 0.3 is 0 Å². The number of carbonyl (C=O) groups is 1. The van der Waals surface area contributed by atoms with Crippen LogP contribution in [0.1, 0.15) is 16.2 Å². The molecule has 1 amide bonds. The smallest absolute Gasteiger partial charge is 0.278 e. The quantitative estimate of drug-likeness (QED) is 0.772. The normalized spacial score (nSPS) is 10.6. The van der Waals surface area contributed by atoms with Gasteiger partial charge in [0, 0.05) is 17.8 Å². The number of rotatable bonds is 5. The molecule has 0 aliphatic carbocycles. The van der Waals surface area contributed by atoms with Gasteiger partial charge in [0.2, 0.25) is 0 Å². The number of nitrogens with one attached hydrogen (secondary N) is 1. The summed E-state index contributed by atoms with van der Waals surface area (Å²) in [6, 6.07) is 16.3. The first kappa shape index (κ1) is 16.2. The maximum atomic E-state index is 12.5. The number of para-hydroxylation sites is 1. The van der Waals surface area contributed by atoms with Gasteiger partial charge in [0.25, 0.3) is 5.91 Å². The van der Waals surface area contributed by atoms with E-state index in [1.54, 1.807) is 36.1 Å². The molecule has 1 N–H and O–H groups in total. The summed E-state index contributed by atoms with van der Waals surface area (Å²) in [5, 5.41) is 11.5. The third kappa shape index (κ3) is 3.45. The molecule has 1 heterocycles. The molecule has 122 valence electrons. The van der Waals surface area contributed by atoms with Crippen LogP contribution in [0.2, 0.25) is 5.02 Å². The highest BCUT2D eigenvalue weighted by atomic mass is 35.5. The molecule has 0 spiro atoms. The van der Waals surface area contributed by atoms with Crippen LogP contribution >= 0.6 is 11.6 Å². The summed E-state index contributed by atoms with van der Waals surface area (Å²) in [5.41, 5.74) is 2.23. The molecule has 7 heteroatoms. The van der Waals surface area contributed by atoms with Gasteiger partial charge in [-0.25, -0.2) is 4.68 Å². The molecular weight excluding hydrogens is 328 g/mol. The van der Waals surface area contributed by atoms with Crippen LogP contribution in [0, 0.1) is 0 Å². The minimum Gasteiger partial charge on any atom is -0.378 e. The summed E-state index contributed by atoms with van der Waals surface area (Å²) in [6.07, 6.45) is 0. The second kappa shape index (κ2) is 7.25. The van der Waals surface area contributed by atoms with E-state index < -0.39 is 0 Å². The van der Waals surface area contributed by atoms with Gasteiger partial charge in [0.1, 0.15) is 5.69 Å². The van der Waals surface area contributed by atoms with E-state index in [1.807, 2.05) is 30.3 Å². The van der Waals surface area contributed by atoms with Crippen molar-refractivity contribution in [1.29, 1.82) is 0 Å². The van der Waals surface area contributed by atoms with Gasteiger partial charge in [-0.15, -0.1) is 5.10 Å². The first-order chi connectivity index (χ1) is 11.7. The standard InChI is InChI=1S/C17H15ClN4O2/c1-24-11-15-16(17(23)19-13-9-7-12(18)8-10-13)20-21-22(15)14-5-3-2-4-6-14/h2-10H,11H2,1H3,(H,19,23). The molecule has 0 aliphatic heterocycles. The SMILES string of the molecule is COCc1c(C(=O)Nc2ccc(Cl)cc2)nnn1-c1ccccc1. The minimum absolute atomic E-state index is 0.214. The zero-order chi connectivity index (χ0) is 16.9. The number of carbonyl (C=O) groups excluding carboxylic acids is 1. The lowest BCUT2D eigenvalue weighted by atomic mass is 10.2. The molecular formula is C17H15ClN4O2. The van der Waals surface area contributed by atoms with Crippen molar-refractivity contribution in [3.63, 3.8) is 0 Å². The van der Waals surface area contributed by atoms with Crippen LogP contribution in [-0.2, 0) is 11.3 Å². The predicted molar refractivity (Wildman–Crippen MR) is 91.5 cm³/mol. The Labute approximate surface area is 144 Å². The fourth-order valence-corrected chi connectivity index (χ4v) is 2.37. The van der Waals surface area contributed by atoms with Gasteiger partial charge in [-0.1, -0.05) is 35.0 Å². The Morgan fingerprint density at radius 3 is 2.54 bits per heavy atom. The number of nitrogens with zero attached hydrogens (tertiary/aromatic N) is 3. The van der Waals surface area contributed by atoms with E-state index in [4.69, 9.17) is 16.3 Å². The molecule has 1 aromatic heterocycles. The van der Waals surface area contributed by atoms with Crippen LogP contribution < -0.4 is 5.32 Å². The average Bonchev–Trinajstić information content (AvgIpc) is 3.02. The maximum absolute atomic E-state index is 12.5. The summed E-state index contributed by atoms with van der Waals surface area (Å²) in [6.45, 7) is 0.214. The number of anilines is 1. The van der Waals surface area contributed by atoms with Crippen molar-refractivity contribution >= 4 is 23.2 Å². The third-order valence-corrected chi connectivity index (χ3v) is 3.61. The fraction of sp³-hybridized carbons (Fsp3) is 0.118. The second-order valence-electron chi connectivity index (χ2n) is 5.03. The Morgan fingerprint density at radius 2 is 1.88 bits per heavy atom. The van der Waals surface area contributed by atoms with E-state index >= 15 is 0 Å². The van der Waals surface area contributed by atoms with E-state index in [1.165, 1.54) is 0 Å². The van der Waals surface area contributed by atoms with E-state index in [0.29, 0.717) is 16.4 Å². The van der Waals surface area contributed by atoms with Crippen molar-refractivity contribution in [2.45, 2.75) is 6.61 Å². The minimum atomic E-state index is -0.355. The van der Waals surface area contributed by atoms with Crippen LogP contribution in [0.4, 0.5) is 5.69 Å². The molecule has 0 saturated carbocycles. The van der Waals surface area contributed by atoms with E-state index in [-0.39, 0.29) is 18.2 Å². The number of ether oxygens (including phenoxy) is 1. The number of hydrogen-bond donors (Lipinski definition) is 1. The lowest BCUT2D eigenvalue weighted by Gasteiger charge is -2.08. The lowest BCUT2D eigenvalue weighted by Crippen LogP contribution is -2.16. The number of aromatic nitrogens is 3. The summed E-state index contributed by atoms with van der Waals surface area (Å²) < 4.78 is 6.80. The van der Waals surface area contributed by atoms with Gasteiger partial charge in [0.15, 0.2) is 5.69 Å². The first-order valence-corrected chi connectivity index (χ1v) is 7.62. The van der Waals surface area contributed by atoms with Crippen molar-refractivity contribution in [3.05, 3.63) is 71.0 Å². The van der Waals surface area contributed by atoms with Crippen molar-refractivity contribution in [2.75, 3.05) is 12.4 Å². The second-order valence-corrected chi connectivity index (χ2v) is 5.46. The summed E-state index contributed by atoms with van der Waals surface area (Å²) in [7, 11) is 1.56. The number of hydrogen-bond acceptors (Lipinski definition) is 4. The first-order valence-electron chi connectivity index (χ1n) is 7.25. The van der Waals surface area contributed by atoms with Gasteiger partial charge in [-0.2, -0.15) is 0 Å². The average molecular weight is 343 g/mol. The molecule has 0 fully saturated rings. The van der Waals surface area contributed by atoms with Gasteiger partial charge < -0.3 is 10.1 Å². The molecule has 0 atom stereocenters. The molecule has 3 aromatic rings. The van der Waals surface area contributed by atoms with E-state index in [0.717, 1.165) is 5.69 Å². The predicted octanol–water partition coefficient (Wildman–Crippen LogP) is 3.32. The number of halogens is 1. The zero-order valence-corrected chi connectivity index (χ0v) is 13.7. The van der Waals surface area contributed by atoms with Gasteiger partial charge in [0.05, 0.1) is 12.3 Å². The fourth-order valence-electron chi connectivity index (χ4n) is 2.24. The van der Waals surface area contributed by atoms with E-state index in [2.05, 4.69) is 15.6 Å². The Hall–Kier alpha value is -2.70. The number of benzene rings is 2. The highest BCUT2D eigenvalue weighted by molar-refractivity contribution is 6.30. The molecule has 0 saturated heterocycles. The van der Waals surface area contributed by atoms with Crippen molar-refractivity contribution in [2.24, 2.45) is 0 Å². The number of methoxy groups -OCH3 is 1. The van der Waals surface area contributed by atoms with Gasteiger partial charge in [-0.05, 0) is 36.4 Å². The number of amides is 1. The van der Waals surface area contributed by atoms with Crippen molar-refractivity contribution in [1.82, 2.24) is 15.0 Å². The maximum Gasteiger partial charge on any atom is 0.278 e. The molecule has 0 radical (unpaired) electrons. The Kier molecular flexibility index (Phi) is 4.88. The summed E-state index contributed by atoms with van der Waals surface area (Å²) in [5.74, 6) is -0.355. The molecule has 0 unspecified atom stereocenters. The van der Waals surface area contributed by atoms with Gasteiger partial charge in [-0.3, -0.25) is 4.79 Å². The molecule has 0 bridgehead atoms. The Bertz CT molecular complexity index is 832. The molecule has 24 heavy (non-hydrogen) atoms. The highest BCUT2D eigenvalue weighted by Gasteiger charge is 2.20. The largest absolute Gasteiger partial charge is 0.378 e. The molecule has 0 aliphatic rings. The Morgan fingerprint density at radius 1 is 1.17 bits per heavy atom. The van der Waals surface area contributed by atoms with Crippen LogP contribution in [-0.4, -0.2) is 28.0 Å². The van der Waals surface area contributed by atoms with Crippen LogP contribution in [0.5, 0.6) is 0 Å². The van der Waals surface area contributed by atoms with Crippen LogP contribution in [0.15, 0.2) is 54.6 Å². The van der Waals surface area contributed by atoms with Crippen LogP contribution in [0.3, 0.4) is 0 Å². The topological polar surface area (TPSA) is 69.0 Å². The monoisotopic (exact) mass is 342 g/mol. The van der Waals surface area contributed by atoms with E-state index in [9.17, 15) is 4.79 Å². The van der Waals surface area contributed by atoms with Crippen molar-refractivity contribution in [3.8, 4) is 5.69 Å². The molecule has 2 aromatic carbocycles. The molecule has 6 nitrogen and oxygen atoms in total. The zero-order valence-electron chi connectivity index (χ0n) is 12.9. The van der Waals surface area contributed by atoms with Crippen LogP contribution in [0.25, 0.3) is 5.69 Å². The summed E-state index contributed by atoms with van der Waals surface area (Å²) >= 11 is 5.85. The lowest BCUT2D eigenvalue weighted by molar-refractivity contribution is 0.101. The Balaban J connectivity index is 1.91. The third-order valence-electron chi connectivity index (χ3n) is 3.36. The highest BCUT2D eigenvalue weighted by Crippen LogP contribution is 2.17. The molecule has 3 rings (SSSR count). The summed E-state index contributed by atoms with van der Waals surface area (Å²) in [4.78, 5) is 12.5.